The standard InChI is InChI=1S/C11H14O3/c1-3-14-10-6-4-5-9(11(10)13)7-8(2)12/h4-6,13H,3,7H2,1-2H3. The van der Waals surface area contributed by atoms with Crippen LogP contribution in [-0.4, -0.2) is 17.5 Å². The van der Waals surface area contributed by atoms with Gasteiger partial charge in [-0.15, -0.1) is 0 Å². The number of carbonyl (C=O) groups excluding carboxylic acids is 1. The van der Waals surface area contributed by atoms with Gasteiger partial charge < -0.3 is 9.84 Å². The summed E-state index contributed by atoms with van der Waals surface area (Å²) in [4.78, 5) is 10.9. The Balaban J connectivity index is 2.94. The summed E-state index contributed by atoms with van der Waals surface area (Å²) < 4.78 is 5.20. The molecule has 0 atom stereocenters. The Morgan fingerprint density at radius 1 is 1.50 bits per heavy atom. The van der Waals surface area contributed by atoms with E-state index >= 15 is 0 Å². The van der Waals surface area contributed by atoms with E-state index in [-0.39, 0.29) is 18.0 Å². The van der Waals surface area contributed by atoms with Gasteiger partial charge in [-0.25, -0.2) is 0 Å². The molecule has 1 aromatic rings. The molecule has 0 aliphatic carbocycles. The topological polar surface area (TPSA) is 46.5 Å². The van der Waals surface area contributed by atoms with Crippen molar-refractivity contribution in [1.29, 1.82) is 0 Å². The largest absolute Gasteiger partial charge is 0.504 e. The molecule has 1 aromatic carbocycles. The van der Waals surface area contributed by atoms with Crippen LogP contribution in [0.1, 0.15) is 19.4 Å². The summed E-state index contributed by atoms with van der Waals surface area (Å²) in [6.07, 6.45) is 0.243. The summed E-state index contributed by atoms with van der Waals surface area (Å²) in [5.74, 6) is 0.532. The van der Waals surface area contributed by atoms with Gasteiger partial charge in [-0.05, 0) is 19.9 Å². The Bertz CT molecular complexity index is 331. The third kappa shape index (κ3) is 2.49. The van der Waals surface area contributed by atoms with Gasteiger partial charge in [-0.2, -0.15) is 0 Å². The fraction of sp³-hybridized carbons (Fsp3) is 0.364. The predicted molar refractivity (Wildman–Crippen MR) is 53.7 cm³/mol. The number of para-hydroxylation sites is 1. The molecule has 0 unspecified atom stereocenters. The molecule has 0 aliphatic rings. The molecule has 0 heterocycles. The van der Waals surface area contributed by atoms with Crippen LogP contribution in [0.2, 0.25) is 0 Å². The summed E-state index contributed by atoms with van der Waals surface area (Å²) >= 11 is 0. The average molecular weight is 194 g/mol. The number of rotatable bonds is 4. The first-order chi connectivity index (χ1) is 6.65. The van der Waals surface area contributed by atoms with E-state index in [1.807, 2.05) is 6.92 Å². The van der Waals surface area contributed by atoms with Gasteiger partial charge in [0.15, 0.2) is 11.5 Å². The molecule has 0 bridgehead atoms. The first kappa shape index (κ1) is 10.6. The SMILES string of the molecule is CCOc1cccc(CC(C)=O)c1O. The highest BCUT2D eigenvalue weighted by molar-refractivity contribution is 5.79. The monoisotopic (exact) mass is 194 g/mol. The van der Waals surface area contributed by atoms with Crippen LogP contribution in [0.4, 0.5) is 0 Å². The first-order valence-electron chi connectivity index (χ1n) is 4.58. The second-order valence-electron chi connectivity index (χ2n) is 3.08. The summed E-state index contributed by atoms with van der Waals surface area (Å²) in [6, 6.07) is 5.17. The van der Waals surface area contributed by atoms with E-state index in [1.165, 1.54) is 6.92 Å². The number of ether oxygens (including phenoxy) is 1. The fourth-order valence-electron chi connectivity index (χ4n) is 1.25. The van der Waals surface area contributed by atoms with Crippen molar-refractivity contribution in [2.24, 2.45) is 0 Å². The van der Waals surface area contributed by atoms with Gasteiger partial charge in [-0.1, -0.05) is 12.1 Å². The van der Waals surface area contributed by atoms with Gasteiger partial charge >= 0.3 is 0 Å². The minimum absolute atomic E-state index is 0.0222. The lowest BCUT2D eigenvalue weighted by Gasteiger charge is -2.08. The van der Waals surface area contributed by atoms with Gasteiger partial charge in [0.25, 0.3) is 0 Å². The molecule has 0 spiro atoms. The van der Waals surface area contributed by atoms with E-state index in [2.05, 4.69) is 0 Å². The van der Waals surface area contributed by atoms with E-state index in [4.69, 9.17) is 4.74 Å². The van der Waals surface area contributed by atoms with Crippen LogP contribution < -0.4 is 4.74 Å². The maximum atomic E-state index is 10.9. The highest BCUT2D eigenvalue weighted by atomic mass is 16.5. The summed E-state index contributed by atoms with van der Waals surface area (Å²) in [6.45, 7) is 3.83. The Morgan fingerprint density at radius 2 is 2.21 bits per heavy atom. The van der Waals surface area contributed by atoms with Crippen molar-refractivity contribution < 1.29 is 14.6 Å². The molecule has 0 fully saturated rings. The predicted octanol–water partition coefficient (Wildman–Crippen LogP) is 1.92. The second-order valence-corrected chi connectivity index (χ2v) is 3.08. The Labute approximate surface area is 83.3 Å². The van der Waals surface area contributed by atoms with E-state index in [1.54, 1.807) is 18.2 Å². The van der Waals surface area contributed by atoms with Crippen molar-refractivity contribution in [2.45, 2.75) is 20.3 Å². The highest BCUT2D eigenvalue weighted by Crippen LogP contribution is 2.29. The second kappa shape index (κ2) is 4.65. The molecule has 0 aliphatic heterocycles. The third-order valence-corrected chi connectivity index (χ3v) is 1.82. The number of phenolic OH excluding ortho intramolecular Hbond substituents is 1. The number of phenols is 1. The molecule has 0 saturated carbocycles. The number of hydrogen-bond acceptors (Lipinski definition) is 3. The zero-order valence-electron chi connectivity index (χ0n) is 8.41. The molecule has 3 nitrogen and oxygen atoms in total. The molecule has 0 saturated heterocycles. The van der Waals surface area contributed by atoms with Crippen LogP contribution in [0.15, 0.2) is 18.2 Å². The van der Waals surface area contributed by atoms with Gasteiger partial charge in [0.05, 0.1) is 6.61 Å². The average Bonchev–Trinajstić information content (AvgIpc) is 2.11. The van der Waals surface area contributed by atoms with Crippen molar-refractivity contribution >= 4 is 5.78 Å². The number of Topliss-reactive ketones (excluding diaryl/α,β-unsaturated/α-hetero) is 1. The minimum atomic E-state index is 0.0222. The van der Waals surface area contributed by atoms with Crippen molar-refractivity contribution in [2.75, 3.05) is 6.61 Å². The number of hydrogen-bond donors (Lipinski definition) is 1. The molecule has 1 N–H and O–H groups in total. The first-order valence-corrected chi connectivity index (χ1v) is 4.58. The van der Waals surface area contributed by atoms with Crippen molar-refractivity contribution in [3.63, 3.8) is 0 Å². The molecule has 14 heavy (non-hydrogen) atoms. The van der Waals surface area contributed by atoms with Gasteiger partial charge in [0.2, 0.25) is 0 Å². The lowest BCUT2D eigenvalue weighted by Crippen LogP contribution is -1.98. The molecule has 0 aromatic heterocycles. The van der Waals surface area contributed by atoms with Crippen LogP contribution in [0.3, 0.4) is 0 Å². The number of benzene rings is 1. The van der Waals surface area contributed by atoms with Crippen molar-refractivity contribution in [3.8, 4) is 11.5 Å². The molecule has 1 rings (SSSR count). The molecule has 3 heteroatoms. The normalized spacial score (nSPS) is 9.86. The quantitative estimate of drug-likeness (QED) is 0.796. The Kier molecular flexibility index (Phi) is 3.51. The third-order valence-electron chi connectivity index (χ3n) is 1.82. The van der Waals surface area contributed by atoms with Crippen LogP contribution >= 0.6 is 0 Å². The van der Waals surface area contributed by atoms with Crippen LogP contribution in [0.25, 0.3) is 0 Å². The van der Waals surface area contributed by atoms with Crippen LogP contribution in [-0.2, 0) is 11.2 Å². The van der Waals surface area contributed by atoms with E-state index in [0.29, 0.717) is 17.9 Å². The minimum Gasteiger partial charge on any atom is -0.504 e. The van der Waals surface area contributed by atoms with Crippen molar-refractivity contribution in [3.05, 3.63) is 23.8 Å². The highest BCUT2D eigenvalue weighted by Gasteiger charge is 2.08. The smallest absolute Gasteiger partial charge is 0.161 e. The molecular weight excluding hydrogens is 180 g/mol. The van der Waals surface area contributed by atoms with Crippen LogP contribution in [0, 0.1) is 0 Å². The fourth-order valence-corrected chi connectivity index (χ4v) is 1.25. The molecular formula is C11H14O3. The zero-order valence-corrected chi connectivity index (χ0v) is 8.41. The zero-order chi connectivity index (χ0) is 10.6. The maximum Gasteiger partial charge on any atom is 0.161 e. The lowest BCUT2D eigenvalue weighted by atomic mass is 10.1. The maximum absolute atomic E-state index is 10.9. The van der Waals surface area contributed by atoms with Gasteiger partial charge in [0, 0.05) is 12.0 Å². The Morgan fingerprint density at radius 3 is 2.79 bits per heavy atom. The summed E-state index contributed by atoms with van der Waals surface area (Å²) in [7, 11) is 0. The van der Waals surface area contributed by atoms with E-state index in [0.717, 1.165) is 0 Å². The number of carbonyl (C=O) groups is 1. The summed E-state index contributed by atoms with van der Waals surface area (Å²) in [5.41, 5.74) is 0.614. The molecule has 0 amide bonds. The van der Waals surface area contributed by atoms with E-state index < -0.39 is 0 Å². The van der Waals surface area contributed by atoms with Crippen LogP contribution in [0.5, 0.6) is 11.5 Å². The van der Waals surface area contributed by atoms with E-state index in [9.17, 15) is 9.90 Å². The lowest BCUT2D eigenvalue weighted by molar-refractivity contribution is -0.116. The number of ketones is 1. The molecule has 0 radical (unpaired) electrons. The Hall–Kier alpha value is -1.51. The summed E-state index contributed by atoms with van der Waals surface area (Å²) in [5, 5.41) is 9.69. The number of aromatic hydroxyl groups is 1. The van der Waals surface area contributed by atoms with Crippen molar-refractivity contribution in [1.82, 2.24) is 0 Å². The molecule has 76 valence electrons. The van der Waals surface area contributed by atoms with Gasteiger partial charge in [-0.3, -0.25) is 4.79 Å². The van der Waals surface area contributed by atoms with Gasteiger partial charge in [0.1, 0.15) is 5.78 Å².